The summed E-state index contributed by atoms with van der Waals surface area (Å²) in [7, 11) is 0. The molecule has 4 rings (SSSR count). The molecular weight excluding hydrogens is 407 g/mol. The van der Waals surface area contributed by atoms with E-state index in [-0.39, 0.29) is 24.3 Å². The van der Waals surface area contributed by atoms with Gasteiger partial charge in [-0.2, -0.15) is 0 Å². The Morgan fingerprint density at radius 3 is 2.77 bits per heavy atom. The van der Waals surface area contributed by atoms with Crippen LogP contribution in [0, 0.1) is 12.7 Å². The zero-order valence-electron chi connectivity index (χ0n) is 16.2. The van der Waals surface area contributed by atoms with Crippen molar-refractivity contribution < 1.29 is 14.0 Å². The fraction of sp³-hybridized carbons (Fsp3) is 0.250. The van der Waals surface area contributed by atoms with Gasteiger partial charge in [-0.15, -0.1) is 0 Å². The molecule has 0 bridgehead atoms. The zero-order valence-corrected chi connectivity index (χ0v) is 17.0. The van der Waals surface area contributed by atoms with Gasteiger partial charge in [-0.1, -0.05) is 23.5 Å². The Morgan fingerprint density at radius 1 is 1.23 bits per heavy atom. The third-order valence-corrected chi connectivity index (χ3v) is 5.83. The van der Waals surface area contributed by atoms with Crippen LogP contribution in [0.1, 0.15) is 26.6 Å². The van der Waals surface area contributed by atoms with Crippen LogP contribution in [0.3, 0.4) is 0 Å². The number of urea groups is 1. The lowest BCUT2D eigenvalue weighted by Crippen LogP contribution is -2.31. The van der Waals surface area contributed by atoms with Crippen molar-refractivity contribution >= 4 is 28.4 Å². The van der Waals surface area contributed by atoms with Crippen LogP contribution < -0.4 is 10.2 Å². The highest BCUT2D eigenvalue weighted by molar-refractivity contribution is 7.17. The first-order chi connectivity index (χ1) is 14.5. The summed E-state index contributed by atoms with van der Waals surface area (Å²) in [5.74, 6) is -0.576. The van der Waals surface area contributed by atoms with E-state index in [2.05, 4.69) is 20.3 Å². The molecule has 8 nitrogen and oxygen atoms in total. The first-order valence-corrected chi connectivity index (χ1v) is 10.1. The number of carbonyl (C=O) groups is 2. The normalized spacial score (nSPS) is 13.7. The number of benzene rings is 1. The van der Waals surface area contributed by atoms with E-state index in [1.54, 1.807) is 47.4 Å². The van der Waals surface area contributed by atoms with Gasteiger partial charge in [0.25, 0.3) is 5.91 Å². The molecule has 1 aromatic carbocycles. The Morgan fingerprint density at radius 2 is 2.03 bits per heavy atom. The van der Waals surface area contributed by atoms with E-state index < -0.39 is 0 Å². The molecule has 0 atom stereocenters. The quantitative estimate of drug-likeness (QED) is 0.655. The van der Waals surface area contributed by atoms with Gasteiger partial charge >= 0.3 is 6.03 Å². The number of amides is 3. The Hall–Kier alpha value is -3.40. The average molecular weight is 426 g/mol. The van der Waals surface area contributed by atoms with Crippen molar-refractivity contribution in [1.29, 1.82) is 0 Å². The van der Waals surface area contributed by atoms with E-state index in [1.165, 1.54) is 23.5 Å². The maximum Gasteiger partial charge on any atom is 0.326 e. The van der Waals surface area contributed by atoms with E-state index in [0.29, 0.717) is 41.0 Å². The van der Waals surface area contributed by atoms with Crippen LogP contribution >= 0.6 is 11.3 Å². The van der Waals surface area contributed by atoms with Crippen LogP contribution in [0.25, 0.3) is 0 Å². The van der Waals surface area contributed by atoms with Crippen LogP contribution in [0.4, 0.5) is 14.3 Å². The second kappa shape index (κ2) is 8.54. The van der Waals surface area contributed by atoms with Crippen molar-refractivity contribution in [3.63, 3.8) is 0 Å². The molecule has 1 aliphatic rings. The number of rotatable bonds is 6. The molecule has 154 valence electrons. The van der Waals surface area contributed by atoms with Crippen LogP contribution in [0.2, 0.25) is 0 Å². The molecule has 10 heteroatoms. The number of thiazole rings is 1. The summed E-state index contributed by atoms with van der Waals surface area (Å²) in [6.45, 7) is 3.41. The minimum Gasteiger partial charge on any atom is -0.346 e. The predicted molar refractivity (Wildman–Crippen MR) is 110 cm³/mol. The minimum atomic E-state index is -0.309. The number of hydrogen-bond donors (Lipinski definition) is 1. The van der Waals surface area contributed by atoms with Gasteiger partial charge in [0.05, 0.1) is 24.1 Å². The largest absolute Gasteiger partial charge is 0.346 e. The molecule has 2 aromatic heterocycles. The molecule has 3 aromatic rings. The molecule has 0 aliphatic carbocycles. The van der Waals surface area contributed by atoms with Crippen LogP contribution in [-0.4, -0.2) is 44.9 Å². The second-order valence-electron chi connectivity index (χ2n) is 6.77. The highest BCUT2D eigenvalue weighted by Crippen LogP contribution is 2.29. The summed E-state index contributed by atoms with van der Waals surface area (Å²) in [6.07, 6.45) is 4.72. The molecule has 0 radical (unpaired) electrons. The summed E-state index contributed by atoms with van der Waals surface area (Å²) >= 11 is 1.18. The SMILES string of the molecule is Cc1nc(N2CCN(Cc3ccc(F)cc3)C2=O)sc1C(=O)NCc1cnccn1. The highest BCUT2D eigenvalue weighted by atomic mass is 32.1. The number of nitrogens with one attached hydrogen (secondary N) is 1. The minimum absolute atomic E-state index is 0.181. The smallest absolute Gasteiger partial charge is 0.326 e. The lowest BCUT2D eigenvalue weighted by molar-refractivity contribution is 0.0953. The van der Waals surface area contributed by atoms with E-state index in [1.807, 2.05) is 0 Å². The summed E-state index contributed by atoms with van der Waals surface area (Å²) < 4.78 is 13.1. The second-order valence-corrected chi connectivity index (χ2v) is 7.75. The van der Waals surface area contributed by atoms with E-state index in [4.69, 9.17) is 0 Å². The molecule has 1 saturated heterocycles. The van der Waals surface area contributed by atoms with Gasteiger partial charge in [0.2, 0.25) is 0 Å². The third kappa shape index (κ3) is 4.28. The Labute approximate surface area is 176 Å². The average Bonchev–Trinajstić information content (AvgIpc) is 3.31. The van der Waals surface area contributed by atoms with Gasteiger partial charge in [-0.3, -0.25) is 19.7 Å². The van der Waals surface area contributed by atoms with Gasteiger partial charge in [-0.25, -0.2) is 14.2 Å². The van der Waals surface area contributed by atoms with Crippen molar-refractivity contribution in [3.8, 4) is 0 Å². The van der Waals surface area contributed by atoms with Crippen molar-refractivity contribution in [2.75, 3.05) is 18.0 Å². The number of carbonyl (C=O) groups excluding carboxylic acids is 2. The standard InChI is InChI=1S/C20H19FN6O2S/c1-13-17(18(28)24-11-16-10-22-6-7-23-16)30-19(25-13)27-9-8-26(20(27)29)12-14-2-4-15(21)5-3-14/h2-7,10H,8-9,11-12H2,1H3,(H,24,28). The van der Waals surface area contributed by atoms with Crippen molar-refractivity contribution in [2.24, 2.45) is 0 Å². The molecule has 0 unspecified atom stereocenters. The Bertz CT molecular complexity index is 1060. The van der Waals surface area contributed by atoms with Crippen LogP contribution in [-0.2, 0) is 13.1 Å². The molecule has 1 N–H and O–H groups in total. The van der Waals surface area contributed by atoms with Gasteiger partial charge in [-0.05, 0) is 24.6 Å². The Balaban J connectivity index is 1.41. The maximum absolute atomic E-state index is 13.1. The van der Waals surface area contributed by atoms with E-state index in [0.717, 1.165) is 5.56 Å². The molecule has 3 amide bonds. The number of aryl methyl sites for hydroxylation is 1. The Kier molecular flexibility index (Phi) is 5.66. The first kappa shape index (κ1) is 19.9. The van der Waals surface area contributed by atoms with Crippen LogP contribution in [0.15, 0.2) is 42.9 Å². The van der Waals surface area contributed by atoms with Gasteiger partial charge < -0.3 is 10.2 Å². The van der Waals surface area contributed by atoms with E-state index >= 15 is 0 Å². The zero-order chi connectivity index (χ0) is 21.1. The lowest BCUT2D eigenvalue weighted by atomic mass is 10.2. The summed E-state index contributed by atoms with van der Waals surface area (Å²) in [5.41, 5.74) is 2.07. The monoisotopic (exact) mass is 426 g/mol. The number of nitrogens with zero attached hydrogens (tertiary/aromatic N) is 5. The van der Waals surface area contributed by atoms with Gasteiger partial charge in [0.15, 0.2) is 5.13 Å². The molecule has 3 heterocycles. The van der Waals surface area contributed by atoms with Crippen LogP contribution in [0.5, 0.6) is 0 Å². The van der Waals surface area contributed by atoms with Gasteiger partial charge in [0.1, 0.15) is 10.7 Å². The first-order valence-electron chi connectivity index (χ1n) is 9.32. The maximum atomic E-state index is 13.1. The number of hydrogen-bond acceptors (Lipinski definition) is 6. The third-order valence-electron chi connectivity index (χ3n) is 4.65. The van der Waals surface area contributed by atoms with E-state index in [9.17, 15) is 14.0 Å². The van der Waals surface area contributed by atoms with Crippen molar-refractivity contribution in [3.05, 3.63) is 70.5 Å². The lowest BCUT2D eigenvalue weighted by Gasteiger charge is -2.16. The molecule has 30 heavy (non-hydrogen) atoms. The molecular formula is C20H19FN6O2S. The predicted octanol–water partition coefficient (Wildman–Crippen LogP) is 2.75. The molecule has 0 spiro atoms. The van der Waals surface area contributed by atoms with Crippen molar-refractivity contribution in [2.45, 2.75) is 20.0 Å². The summed E-state index contributed by atoms with van der Waals surface area (Å²) in [4.78, 5) is 41.6. The van der Waals surface area contributed by atoms with Crippen molar-refractivity contribution in [1.82, 2.24) is 25.2 Å². The molecule has 0 saturated carbocycles. The topological polar surface area (TPSA) is 91.3 Å². The fourth-order valence-corrected chi connectivity index (χ4v) is 4.10. The molecule has 1 aliphatic heterocycles. The number of halogens is 1. The highest BCUT2D eigenvalue weighted by Gasteiger charge is 2.32. The van der Waals surface area contributed by atoms with Gasteiger partial charge in [0, 0.05) is 32.0 Å². The molecule has 1 fully saturated rings. The summed E-state index contributed by atoms with van der Waals surface area (Å²) in [5, 5.41) is 3.29. The number of aromatic nitrogens is 3. The number of anilines is 1. The summed E-state index contributed by atoms with van der Waals surface area (Å²) in [6, 6.07) is 5.91. The fourth-order valence-electron chi connectivity index (χ4n) is 3.10.